The molecule has 0 radical (unpaired) electrons. The van der Waals surface area contributed by atoms with Gasteiger partial charge in [0.05, 0.1) is 15.6 Å². The molecule has 0 aliphatic rings. The number of rotatable bonds is 6. The summed E-state index contributed by atoms with van der Waals surface area (Å²) in [5.74, 6) is -1.48. The zero-order valence-electron chi connectivity index (χ0n) is 14.1. The van der Waals surface area contributed by atoms with E-state index in [-0.39, 0.29) is 46.5 Å². The lowest BCUT2D eigenvalue weighted by Crippen LogP contribution is -2.25. The van der Waals surface area contributed by atoms with E-state index in [0.717, 1.165) is 24.3 Å². The SMILES string of the molecule is O=C(CCCNC(=O)c1ccc(C(F)(F)F)cc1)Oc1c(Cl)cc(O)cc1Cl. The first-order valence-electron chi connectivity index (χ1n) is 7.92. The zero-order valence-corrected chi connectivity index (χ0v) is 15.7. The van der Waals surface area contributed by atoms with Gasteiger partial charge in [0.15, 0.2) is 5.75 Å². The highest BCUT2D eigenvalue weighted by Gasteiger charge is 2.30. The topological polar surface area (TPSA) is 75.6 Å². The van der Waals surface area contributed by atoms with Crippen LogP contribution in [0.3, 0.4) is 0 Å². The number of hydrogen-bond donors (Lipinski definition) is 2. The van der Waals surface area contributed by atoms with E-state index in [1.165, 1.54) is 12.1 Å². The molecule has 28 heavy (non-hydrogen) atoms. The Labute approximate surface area is 168 Å². The van der Waals surface area contributed by atoms with Gasteiger partial charge in [-0.2, -0.15) is 13.2 Å². The predicted molar refractivity (Wildman–Crippen MR) is 96.8 cm³/mol. The average molecular weight is 436 g/mol. The van der Waals surface area contributed by atoms with E-state index in [1.807, 2.05) is 0 Å². The van der Waals surface area contributed by atoms with Crippen molar-refractivity contribution in [3.8, 4) is 11.5 Å². The summed E-state index contributed by atoms with van der Waals surface area (Å²) in [4.78, 5) is 23.7. The summed E-state index contributed by atoms with van der Waals surface area (Å²) in [6.45, 7) is 0.103. The summed E-state index contributed by atoms with van der Waals surface area (Å²) in [5, 5.41) is 11.7. The van der Waals surface area contributed by atoms with Crippen LogP contribution in [-0.2, 0) is 11.0 Å². The van der Waals surface area contributed by atoms with E-state index >= 15 is 0 Å². The highest BCUT2D eigenvalue weighted by Crippen LogP contribution is 2.36. The number of ether oxygens (including phenoxy) is 1. The number of aromatic hydroxyl groups is 1. The number of carbonyl (C=O) groups excluding carboxylic acids is 2. The number of carbonyl (C=O) groups is 2. The molecule has 2 aromatic carbocycles. The molecule has 0 saturated carbocycles. The fraction of sp³-hybridized carbons (Fsp3) is 0.222. The maximum absolute atomic E-state index is 12.5. The van der Waals surface area contributed by atoms with Crippen molar-refractivity contribution in [3.05, 3.63) is 57.6 Å². The maximum Gasteiger partial charge on any atom is 0.416 e. The van der Waals surface area contributed by atoms with Gasteiger partial charge in [0.25, 0.3) is 5.91 Å². The molecule has 0 aliphatic carbocycles. The third-order valence-electron chi connectivity index (χ3n) is 3.52. The number of esters is 1. The molecule has 0 heterocycles. The molecule has 10 heteroatoms. The van der Waals surface area contributed by atoms with Crippen LogP contribution in [0.4, 0.5) is 13.2 Å². The van der Waals surface area contributed by atoms with Gasteiger partial charge in [0, 0.05) is 30.7 Å². The van der Waals surface area contributed by atoms with E-state index in [2.05, 4.69) is 5.32 Å². The third-order valence-corrected chi connectivity index (χ3v) is 4.08. The van der Waals surface area contributed by atoms with Crippen LogP contribution in [0, 0.1) is 0 Å². The van der Waals surface area contributed by atoms with Gasteiger partial charge in [-0.3, -0.25) is 9.59 Å². The lowest BCUT2D eigenvalue weighted by atomic mass is 10.1. The van der Waals surface area contributed by atoms with Crippen molar-refractivity contribution in [1.29, 1.82) is 0 Å². The van der Waals surface area contributed by atoms with Gasteiger partial charge in [-0.25, -0.2) is 0 Å². The first kappa shape index (κ1) is 21.8. The molecule has 0 unspecified atom stereocenters. The van der Waals surface area contributed by atoms with Crippen LogP contribution in [0.15, 0.2) is 36.4 Å². The Kier molecular flexibility index (Phi) is 7.15. The van der Waals surface area contributed by atoms with Gasteiger partial charge in [0.2, 0.25) is 0 Å². The van der Waals surface area contributed by atoms with Crippen molar-refractivity contribution in [2.45, 2.75) is 19.0 Å². The van der Waals surface area contributed by atoms with Crippen molar-refractivity contribution in [2.24, 2.45) is 0 Å². The Morgan fingerprint density at radius 3 is 2.18 bits per heavy atom. The van der Waals surface area contributed by atoms with Crippen LogP contribution in [0.5, 0.6) is 11.5 Å². The largest absolute Gasteiger partial charge is 0.508 e. The van der Waals surface area contributed by atoms with Gasteiger partial charge < -0.3 is 15.2 Å². The third kappa shape index (κ3) is 6.03. The lowest BCUT2D eigenvalue weighted by molar-refractivity contribution is -0.137. The lowest BCUT2D eigenvalue weighted by Gasteiger charge is -2.10. The summed E-state index contributed by atoms with van der Waals surface area (Å²) >= 11 is 11.7. The molecule has 1 amide bonds. The van der Waals surface area contributed by atoms with Crippen LogP contribution in [0.1, 0.15) is 28.8 Å². The Balaban J connectivity index is 1.79. The Bertz CT molecular complexity index is 847. The van der Waals surface area contributed by atoms with Gasteiger partial charge >= 0.3 is 12.1 Å². The number of amides is 1. The first-order chi connectivity index (χ1) is 13.1. The molecule has 2 N–H and O–H groups in total. The fourth-order valence-corrected chi connectivity index (χ4v) is 2.71. The Morgan fingerprint density at radius 2 is 1.64 bits per heavy atom. The summed E-state index contributed by atoms with van der Waals surface area (Å²) in [6, 6.07) is 6.11. The minimum absolute atomic E-state index is 0.0334. The fourth-order valence-electron chi connectivity index (χ4n) is 2.16. The number of alkyl halides is 3. The number of benzene rings is 2. The molecule has 0 fully saturated rings. The van der Waals surface area contributed by atoms with Crippen molar-refractivity contribution < 1.29 is 32.6 Å². The normalized spacial score (nSPS) is 11.2. The van der Waals surface area contributed by atoms with E-state index in [9.17, 15) is 27.9 Å². The molecule has 5 nitrogen and oxygen atoms in total. The molecule has 0 bridgehead atoms. The molecule has 2 aromatic rings. The average Bonchev–Trinajstić information content (AvgIpc) is 2.61. The van der Waals surface area contributed by atoms with Crippen LogP contribution >= 0.6 is 23.2 Å². The van der Waals surface area contributed by atoms with Crippen molar-refractivity contribution >= 4 is 35.1 Å². The Morgan fingerprint density at radius 1 is 1.07 bits per heavy atom. The molecule has 0 atom stereocenters. The minimum atomic E-state index is -4.47. The van der Waals surface area contributed by atoms with E-state index < -0.39 is 23.6 Å². The summed E-state index contributed by atoms with van der Waals surface area (Å²) in [5.41, 5.74) is -0.781. The summed E-state index contributed by atoms with van der Waals surface area (Å²) in [6.07, 6.45) is -4.32. The highest BCUT2D eigenvalue weighted by molar-refractivity contribution is 6.37. The molecule has 150 valence electrons. The number of nitrogens with one attached hydrogen (secondary N) is 1. The molecule has 0 aliphatic heterocycles. The van der Waals surface area contributed by atoms with Gasteiger partial charge in [-0.1, -0.05) is 23.2 Å². The van der Waals surface area contributed by atoms with Gasteiger partial charge in [-0.05, 0) is 30.7 Å². The summed E-state index contributed by atoms with van der Waals surface area (Å²) < 4.78 is 42.5. The van der Waals surface area contributed by atoms with Gasteiger partial charge in [-0.15, -0.1) is 0 Å². The zero-order chi connectivity index (χ0) is 20.9. The summed E-state index contributed by atoms with van der Waals surface area (Å²) in [7, 11) is 0. The molecule has 0 saturated heterocycles. The first-order valence-corrected chi connectivity index (χ1v) is 8.67. The molecular weight excluding hydrogens is 422 g/mol. The molecule has 0 spiro atoms. The van der Waals surface area contributed by atoms with Crippen LogP contribution in [0.2, 0.25) is 10.0 Å². The van der Waals surface area contributed by atoms with E-state index in [0.29, 0.717) is 0 Å². The molecular formula is C18H14Cl2F3NO4. The number of hydrogen-bond acceptors (Lipinski definition) is 4. The monoisotopic (exact) mass is 435 g/mol. The van der Waals surface area contributed by atoms with Crippen LogP contribution in [-0.4, -0.2) is 23.5 Å². The molecule has 2 rings (SSSR count). The van der Waals surface area contributed by atoms with Crippen molar-refractivity contribution in [3.63, 3.8) is 0 Å². The van der Waals surface area contributed by atoms with Crippen LogP contribution in [0.25, 0.3) is 0 Å². The quantitative estimate of drug-likeness (QED) is 0.386. The highest BCUT2D eigenvalue weighted by atomic mass is 35.5. The smallest absolute Gasteiger partial charge is 0.416 e. The van der Waals surface area contributed by atoms with Crippen molar-refractivity contribution in [1.82, 2.24) is 5.32 Å². The van der Waals surface area contributed by atoms with Crippen molar-refractivity contribution in [2.75, 3.05) is 6.54 Å². The van der Waals surface area contributed by atoms with Gasteiger partial charge in [0.1, 0.15) is 5.75 Å². The van der Waals surface area contributed by atoms with Crippen LogP contribution < -0.4 is 10.1 Å². The number of phenols is 1. The predicted octanol–water partition coefficient (Wildman–Crippen LogP) is 4.83. The molecule has 0 aromatic heterocycles. The van der Waals surface area contributed by atoms with E-state index in [4.69, 9.17) is 27.9 Å². The second kappa shape index (κ2) is 9.16. The number of phenolic OH excluding ortho intramolecular Hbond substituents is 1. The second-order valence-electron chi connectivity index (χ2n) is 5.65. The second-order valence-corrected chi connectivity index (χ2v) is 6.46. The minimum Gasteiger partial charge on any atom is -0.508 e. The standard InChI is InChI=1S/C18H14Cl2F3NO4/c19-13-8-12(25)9-14(20)16(13)28-15(26)2-1-7-24-17(27)10-3-5-11(6-4-10)18(21,22)23/h3-6,8-9,25H,1-2,7H2,(H,24,27). The number of halogens is 5. The maximum atomic E-state index is 12.5. The van der Waals surface area contributed by atoms with E-state index in [1.54, 1.807) is 0 Å². The Hall–Kier alpha value is -2.45.